The highest BCUT2D eigenvalue weighted by molar-refractivity contribution is 4.90. The second-order valence-corrected chi connectivity index (χ2v) is 3.45. The number of hydroxylamine groups is 2. The molecule has 0 aromatic heterocycles. The SMILES string of the molecule is CON(C)C1OC(CO)[C@@H](O)C(O)[C@@H]1O. The van der Waals surface area contributed by atoms with Crippen molar-refractivity contribution in [3.8, 4) is 0 Å². The second kappa shape index (κ2) is 5.17. The Morgan fingerprint density at radius 2 is 1.80 bits per heavy atom. The summed E-state index contributed by atoms with van der Waals surface area (Å²) in [5, 5.41) is 38.6. The van der Waals surface area contributed by atoms with Crippen LogP contribution in [0.25, 0.3) is 0 Å². The quantitative estimate of drug-likeness (QED) is 0.385. The molecule has 0 bridgehead atoms. The van der Waals surface area contributed by atoms with Crippen LogP contribution in [0.3, 0.4) is 0 Å². The molecule has 0 aliphatic carbocycles. The van der Waals surface area contributed by atoms with Gasteiger partial charge in [-0.05, 0) is 0 Å². The molecule has 1 aliphatic rings. The van der Waals surface area contributed by atoms with Crippen LogP contribution in [0, 0.1) is 0 Å². The Labute approximate surface area is 87.4 Å². The van der Waals surface area contributed by atoms with Crippen LogP contribution in [-0.4, -0.2) is 76.9 Å². The number of hydrogen-bond acceptors (Lipinski definition) is 7. The molecule has 0 aromatic rings. The summed E-state index contributed by atoms with van der Waals surface area (Å²) >= 11 is 0. The molecule has 15 heavy (non-hydrogen) atoms. The van der Waals surface area contributed by atoms with Gasteiger partial charge in [-0.2, -0.15) is 5.06 Å². The molecule has 4 N–H and O–H groups in total. The summed E-state index contributed by atoms with van der Waals surface area (Å²) in [5.74, 6) is 0. The molecule has 0 aromatic carbocycles. The van der Waals surface area contributed by atoms with Crippen LogP contribution in [0.4, 0.5) is 0 Å². The topological polar surface area (TPSA) is 103 Å². The highest BCUT2D eigenvalue weighted by atomic mass is 16.7. The highest BCUT2D eigenvalue weighted by Gasteiger charge is 2.45. The van der Waals surface area contributed by atoms with E-state index in [-0.39, 0.29) is 0 Å². The van der Waals surface area contributed by atoms with Crippen LogP contribution in [0.1, 0.15) is 0 Å². The van der Waals surface area contributed by atoms with Crippen molar-refractivity contribution in [3.63, 3.8) is 0 Å². The van der Waals surface area contributed by atoms with E-state index in [0.29, 0.717) is 0 Å². The van der Waals surface area contributed by atoms with E-state index >= 15 is 0 Å². The number of aliphatic hydroxyl groups is 4. The van der Waals surface area contributed by atoms with E-state index < -0.39 is 37.3 Å². The Morgan fingerprint density at radius 3 is 2.27 bits per heavy atom. The van der Waals surface area contributed by atoms with Gasteiger partial charge in [0, 0.05) is 7.05 Å². The Hall–Kier alpha value is -0.280. The molecule has 5 atom stereocenters. The minimum absolute atomic E-state index is 0.445. The normalized spacial score (nSPS) is 42.2. The Morgan fingerprint density at radius 1 is 1.20 bits per heavy atom. The molecular weight excluding hydrogens is 206 g/mol. The maximum Gasteiger partial charge on any atom is 0.161 e. The Kier molecular flexibility index (Phi) is 4.41. The van der Waals surface area contributed by atoms with E-state index in [9.17, 15) is 15.3 Å². The fourth-order valence-electron chi connectivity index (χ4n) is 1.49. The third kappa shape index (κ3) is 2.45. The molecule has 1 rings (SSSR count). The standard InChI is InChI=1S/C8H17NO6/c1-9(14-2)8-7(13)6(12)5(11)4(3-10)15-8/h4-8,10-13H,3H2,1-2H3/t4?,5-,6?,7+,8?/m1/s1. The molecule has 0 spiro atoms. The monoisotopic (exact) mass is 223 g/mol. The first-order valence-electron chi connectivity index (χ1n) is 4.60. The maximum atomic E-state index is 9.58. The second-order valence-electron chi connectivity index (χ2n) is 3.45. The van der Waals surface area contributed by atoms with Crippen molar-refractivity contribution in [2.24, 2.45) is 0 Å². The summed E-state index contributed by atoms with van der Waals surface area (Å²) in [4.78, 5) is 4.81. The van der Waals surface area contributed by atoms with E-state index in [2.05, 4.69) is 0 Å². The van der Waals surface area contributed by atoms with Crippen molar-refractivity contribution in [1.82, 2.24) is 5.06 Å². The fourth-order valence-corrected chi connectivity index (χ4v) is 1.49. The van der Waals surface area contributed by atoms with E-state index in [0.717, 1.165) is 0 Å². The van der Waals surface area contributed by atoms with Crippen LogP contribution in [0.15, 0.2) is 0 Å². The van der Waals surface area contributed by atoms with Crippen molar-refractivity contribution in [1.29, 1.82) is 0 Å². The van der Waals surface area contributed by atoms with Crippen LogP contribution in [0.5, 0.6) is 0 Å². The molecular formula is C8H17NO6. The Balaban J connectivity index is 2.74. The fraction of sp³-hybridized carbons (Fsp3) is 1.00. The smallest absolute Gasteiger partial charge is 0.161 e. The average Bonchev–Trinajstić information content (AvgIpc) is 2.25. The third-order valence-electron chi connectivity index (χ3n) is 2.51. The first-order chi connectivity index (χ1) is 7.02. The van der Waals surface area contributed by atoms with Gasteiger partial charge in [0.05, 0.1) is 13.7 Å². The number of nitrogens with zero attached hydrogens (tertiary/aromatic N) is 1. The Bertz CT molecular complexity index is 202. The minimum Gasteiger partial charge on any atom is -0.394 e. The van der Waals surface area contributed by atoms with Crippen molar-refractivity contribution < 1.29 is 30.0 Å². The third-order valence-corrected chi connectivity index (χ3v) is 2.51. The van der Waals surface area contributed by atoms with Gasteiger partial charge in [0.2, 0.25) is 0 Å². The lowest BCUT2D eigenvalue weighted by atomic mass is 9.98. The molecule has 1 heterocycles. The number of aliphatic hydroxyl groups excluding tert-OH is 4. The van der Waals surface area contributed by atoms with Crippen molar-refractivity contribution in [2.45, 2.75) is 30.6 Å². The number of hydrogen-bond donors (Lipinski definition) is 4. The van der Waals surface area contributed by atoms with Crippen LogP contribution < -0.4 is 0 Å². The van der Waals surface area contributed by atoms with E-state index in [4.69, 9.17) is 14.7 Å². The molecule has 90 valence electrons. The maximum absolute atomic E-state index is 9.58. The summed E-state index contributed by atoms with van der Waals surface area (Å²) in [6, 6.07) is 0. The summed E-state index contributed by atoms with van der Waals surface area (Å²) in [7, 11) is 2.88. The zero-order valence-corrected chi connectivity index (χ0v) is 8.65. The number of likely N-dealkylation sites (N-methyl/N-ethyl adjacent to an activating group) is 1. The molecule has 3 unspecified atom stereocenters. The van der Waals surface area contributed by atoms with Gasteiger partial charge in [-0.3, -0.25) is 4.84 Å². The van der Waals surface area contributed by atoms with Gasteiger partial charge >= 0.3 is 0 Å². The predicted octanol–water partition coefficient (Wildman–Crippen LogP) is -2.72. The van der Waals surface area contributed by atoms with Crippen LogP contribution in [0.2, 0.25) is 0 Å². The summed E-state index contributed by atoms with van der Waals surface area (Å²) < 4.78 is 5.17. The van der Waals surface area contributed by atoms with Crippen LogP contribution >= 0.6 is 0 Å². The van der Waals surface area contributed by atoms with Gasteiger partial charge in [-0.15, -0.1) is 0 Å². The van der Waals surface area contributed by atoms with Crippen molar-refractivity contribution >= 4 is 0 Å². The largest absolute Gasteiger partial charge is 0.394 e. The molecule has 0 saturated carbocycles. The van der Waals surface area contributed by atoms with Crippen molar-refractivity contribution in [2.75, 3.05) is 20.8 Å². The van der Waals surface area contributed by atoms with Gasteiger partial charge in [0.25, 0.3) is 0 Å². The minimum atomic E-state index is -1.38. The van der Waals surface area contributed by atoms with Gasteiger partial charge < -0.3 is 25.2 Å². The molecule has 1 saturated heterocycles. The average molecular weight is 223 g/mol. The lowest BCUT2D eigenvalue weighted by Crippen LogP contribution is -2.62. The predicted molar refractivity (Wildman–Crippen MR) is 48.5 cm³/mol. The molecule has 0 radical (unpaired) electrons. The van der Waals surface area contributed by atoms with Crippen LogP contribution in [-0.2, 0) is 9.57 Å². The molecule has 0 amide bonds. The summed E-state index contributed by atoms with van der Waals surface area (Å²) in [6.07, 6.45) is -5.85. The number of ether oxygens (including phenoxy) is 1. The first-order valence-corrected chi connectivity index (χ1v) is 4.60. The summed E-state index contributed by atoms with van der Waals surface area (Å²) in [5.41, 5.74) is 0. The molecule has 1 fully saturated rings. The zero-order valence-electron chi connectivity index (χ0n) is 8.65. The van der Waals surface area contributed by atoms with E-state index in [1.165, 1.54) is 19.2 Å². The first kappa shape index (κ1) is 12.8. The lowest BCUT2D eigenvalue weighted by molar-refractivity contribution is -0.320. The van der Waals surface area contributed by atoms with Gasteiger partial charge in [-0.1, -0.05) is 0 Å². The van der Waals surface area contributed by atoms with Gasteiger partial charge in [0.1, 0.15) is 24.4 Å². The van der Waals surface area contributed by atoms with Gasteiger partial charge in [-0.25, -0.2) is 0 Å². The van der Waals surface area contributed by atoms with E-state index in [1.807, 2.05) is 0 Å². The highest BCUT2D eigenvalue weighted by Crippen LogP contribution is 2.22. The zero-order chi connectivity index (χ0) is 11.6. The van der Waals surface area contributed by atoms with Crippen molar-refractivity contribution in [3.05, 3.63) is 0 Å². The van der Waals surface area contributed by atoms with E-state index in [1.54, 1.807) is 0 Å². The molecule has 1 aliphatic heterocycles. The summed E-state index contributed by atoms with van der Waals surface area (Å²) in [6.45, 7) is -0.445. The molecule has 7 heteroatoms. The molecule has 7 nitrogen and oxygen atoms in total. The van der Waals surface area contributed by atoms with Gasteiger partial charge in [0.15, 0.2) is 6.23 Å². The number of rotatable bonds is 3. The lowest BCUT2D eigenvalue weighted by Gasteiger charge is -2.42.